The van der Waals surface area contributed by atoms with Crippen LogP contribution in [-0.2, 0) is 27.3 Å². The Labute approximate surface area is 194 Å². The lowest BCUT2D eigenvalue weighted by molar-refractivity contribution is -0.119. The summed E-state index contributed by atoms with van der Waals surface area (Å²) >= 11 is 0. The van der Waals surface area contributed by atoms with Gasteiger partial charge in [0.15, 0.2) is 5.78 Å². The van der Waals surface area contributed by atoms with Crippen molar-refractivity contribution >= 4 is 11.8 Å². The maximum atomic E-state index is 12.7. The number of carbonyl (C=O) groups is 2. The molecule has 1 aliphatic carbocycles. The normalized spacial score (nSPS) is 18.9. The van der Waals surface area contributed by atoms with Crippen LogP contribution in [0.15, 0.2) is 53.3 Å². The van der Waals surface area contributed by atoms with Gasteiger partial charge in [0.25, 0.3) is 0 Å². The van der Waals surface area contributed by atoms with Gasteiger partial charge in [-0.15, -0.1) is 0 Å². The molecule has 0 unspecified atom stereocenters. The van der Waals surface area contributed by atoms with Gasteiger partial charge < -0.3 is 14.4 Å². The highest BCUT2D eigenvalue weighted by Gasteiger charge is 2.22. The predicted octanol–water partition coefficient (Wildman–Crippen LogP) is 2.79. The zero-order valence-corrected chi connectivity index (χ0v) is 19.0. The highest BCUT2D eigenvalue weighted by molar-refractivity contribution is 5.93. The number of fused-ring (bicyclic) bond motifs is 1. The zero-order chi connectivity index (χ0) is 23.2. The standard InChI is InChI=1S/C26H29N3O4/c1-32-25-15-20(3-2-4-21(25)16-27)14-23(30)17-29-11-9-28(10-12-29)8-7-19-5-6-24-22(13-19)18-33-26(24)31/h2-3,5-6,13,15H,4,7-12,14,17-18H2,1H3. The number of nitrogens with zero attached hydrogens (tertiary/aromatic N) is 3. The van der Waals surface area contributed by atoms with E-state index < -0.39 is 0 Å². The number of nitriles is 1. The van der Waals surface area contributed by atoms with Gasteiger partial charge in [0.2, 0.25) is 0 Å². The van der Waals surface area contributed by atoms with E-state index in [4.69, 9.17) is 9.47 Å². The molecule has 0 spiro atoms. The Morgan fingerprint density at radius 1 is 1.21 bits per heavy atom. The van der Waals surface area contributed by atoms with Crippen LogP contribution in [-0.4, -0.2) is 67.9 Å². The molecule has 3 aliphatic rings. The summed E-state index contributed by atoms with van der Waals surface area (Å²) in [6.07, 6.45) is 7.42. The third-order valence-electron chi connectivity index (χ3n) is 6.35. The van der Waals surface area contributed by atoms with Gasteiger partial charge in [-0.2, -0.15) is 5.26 Å². The summed E-state index contributed by atoms with van der Waals surface area (Å²) in [5.41, 5.74) is 4.35. The topological polar surface area (TPSA) is 82.9 Å². The van der Waals surface area contributed by atoms with Crippen LogP contribution in [0.4, 0.5) is 0 Å². The number of hydrogen-bond donors (Lipinski definition) is 0. The average molecular weight is 448 g/mol. The fourth-order valence-electron chi connectivity index (χ4n) is 4.46. The van der Waals surface area contributed by atoms with Crippen LogP contribution in [0.3, 0.4) is 0 Å². The maximum Gasteiger partial charge on any atom is 0.338 e. The molecule has 2 heterocycles. The maximum absolute atomic E-state index is 12.7. The average Bonchev–Trinajstić information content (AvgIpc) is 3.07. The molecule has 0 aromatic heterocycles. The lowest BCUT2D eigenvalue weighted by Crippen LogP contribution is -2.48. The molecular weight excluding hydrogens is 418 g/mol. The number of allylic oxidation sites excluding steroid dienone is 5. The number of methoxy groups -OCH3 is 1. The van der Waals surface area contributed by atoms with Crippen molar-refractivity contribution < 1.29 is 19.1 Å². The number of ether oxygens (including phenoxy) is 2. The minimum Gasteiger partial charge on any atom is -0.496 e. The van der Waals surface area contributed by atoms with Gasteiger partial charge in [-0.1, -0.05) is 24.3 Å². The summed E-state index contributed by atoms with van der Waals surface area (Å²) in [6, 6.07) is 8.13. The number of benzene rings is 1. The van der Waals surface area contributed by atoms with Crippen LogP contribution in [0.2, 0.25) is 0 Å². The second kappa shape index (κ2) is 10.6. The van der Waals surface area contributed by atoms with Crippen LogP contribution >= 0.6 is 0 Å². The summed E-state index contributed by atoms with van der Waals surface area (Å²) in [7, 11) is 1.55. The molecule has 0 amide bonds. The Morgan fingerprint density at radius 3 is 2.76 bits per heavy atom. The molecule has 1 aromatic rings. The molecule has 0 atom stereocenters. The van der Waals surface area contributed by atoms with E-state index in [1.807, 2.05) is 24.3 Å². The van der Waals surface area contributed by atoms with Crippen molar-refractivity contribution in [2.75, 3.05) is 46.4 Å². The molecule has 1 aromatic carbocycles. The van der Waals surface area contributed by atoms with Gasteiger partial charge >= 0.3 is 5.97 Å². The van der Waals surface area contributed by atoms with E-state index in [0.717, 1.165) is 50.3 Å². The fourth-order valence-corrected chi connectivity index (χ4v) is 4.46. The van der Waals surface area contributed by atoms with Crippen LogP contribution in [0.1, 0.15) is 34.3 Å². The Balaban J connectivity index is 1.21. The van der Waals surface area contributed by atoms with Gasteiger partial charge in [-0.3, -0.25) is 9.69 Å². The lowest BCUT2D eigenvalue weighted by Gasteiger charge is -2.34. The lowest BCUT2D eigenvalue weighted by atomic mass is 10.0. The molecular formula is C26H29N3O4. The van der Waals surface area contributed by atoms with Crippen molar-refractivity contribution in [1.82, 2.24) is 9.80 Å². The van der Waals surface area contributed by atoms with Crippen molar-refractivity contribution in [1.29, 1.82) is 5.26 Å². The SMILES string of the molecule is COC1=C(C#N)CC=CC(CC(=O)CN2CCN(CCc3ccc4c(c3)COC4=O)CC2)=C1. The Morgan fingerprint density at radius 2 is 2.00 bits per heavy atom. The van der Waals surface area contributed by atoms with E-state index in [-0.39, 0.29) is 11.8 Å². The molecule has 0 bridgehead atoms. The molecule has 4 rings (SSSR count). The number of ketones is 1. The molecule has 2 aliphatic heterocycles. The first kappa shape index (κ1) is 23.0. The van der Waals surface area contributed by atoms with Crippen LogP contribution in [0.25, 0.3) is 0 Å². The fraction of sp³-hybridized carbons (Fsp3) is 0.423. The second-order valence-corrected chi connectivity index (χ2v) is 8.64. The molecule has 172 valence electrons. The molecule has 0 radical (unpaired) electrons. The number of esters is 1. The molecule has 7 heteroatoms. The minimum atomic E-state index is -0.226. The van der Waals surface area contributed by atoms with Crippen molar-refractivity contribution in [2.45, 2.75) is 25.9 Å². The summed E-state index contributed by atoms with van der Waals surface area (Å²) in [6.45, 7) is 5.39. The first-order valence-electron chi connectivity index (χ1n) is 11.4. The summed E-state index contributed by atoms with van der Waals surface area (Å²) in [4.78, 5) is 28.9. The first-order valence-corrected chi connectivity index (χ1v) is 11.4. The molecule has 1 fully saturated rings. The highest BCUT2D eigenvalue weighted by Crippen LogP contribution is 2.22. The molecule has 1 saturated heterocycles. The van der Waals surface area contributed by atoms with Crippen molar-refractivity contribution in [3.05, 3.63) is 70.0 Å². The summed E-state index contributed by atoms with van der Waals surface area (Å²) in [5, 5.41) is 9.23. The number of cyclic esters (lactones) is 1. The third-order valence-corrected chi connectivity index (χ3v) is 6.35. The number of carbonyl (C=O) groups excluding carboxylic acids is 2. The zero-order valence-electron chi connectivity index (χ0n) is 19.0. The first-order chi connectivity index (χ1) is 16.1. The third kappa shape index (κ3) is 5.78. The van der Waals surface area contributed by atoms with Crippen LogP contribution in [0.5, 0.6) is 0 Å². The van der Waals surface area contributed by atoms with Crippen LogP contribution in [0, 0.1) is 11.3 Å². The van der Waals surface area contributed by atoms with Gasteiger partial charge in [-0.25, -0.2) is 4.79 Å². The van der Waals surface area contributed by atoms with E-state index >= 15 is 0 Å². The smallest absolute Gasteiger partial charge is 0.338 e. The van der Waals surface area contributed by atoms with Crippen LogP contribution < -0.4 is 0 Å². The molecule has 33 heavy (non-hydrogen) atoms. The largest absolute Gasteiger partial charge is 0.496 e. The second-order valence-electron chi connectivity index (χ2n) is 8.64. The van der Waals surface area contributed by atoms with E-state index in [1.54, 1.807) is 13.2 Å². The predicted molar refractivity (Wildman–Crippen MR) is 123 cm³/mol. The van der Waals surface area contributed by atoms with Crippen molar-refractivity contribution in [3.8, 4) is 6.07 Å². The van der Waals surface area contributed by atoms with Gasteiger partial charge in [-0.05, 0) is 29.7 Å². The van der Waals surface area contributed by atoms with E-state index in [2.05, 4.69) is 21.9 Å². The Hall–Kier alpha value is -3.21. The quantitative estimate of drug-likeness (QED) is 0.567. The number of piperazine rings is 1. The number of rotatable bonds is 8. The monoisotopic (exact) mass is 447 g/mol. The van der Waals surface area contributed by atoms with E-state index in [9.17, 15) is 14.9 Å². The number of hydrogen-bond acceptors (Lipinski definition) is 7. The van der Waals surface area contributed by atoms with Gasteiger partial charge in [0.1, 0.15) is 12.4 Å². The molecule has 0 saturated carbocycles. The minimum absolute atomic E-state index is 0.171. The van der Waals surface area contributed by atoms with Crippen molar-refractivity contribution in [3.63, 3.8) is 0 Å². The number of Topliss-reactive ketones (excluding diaryl/α,β-unsaturated/α-hetero) is 1. The molecule has 0 N–H and O–H groups in total. The molecule has 7 nitrogen and oxygen atoms in total. The Bertz CT molecular complexity index is 1060. The summed E-state index contributed by atoms with van der Waals surface area (Å²) in [5.74, 6) is 0.489. The van der Waals surface area contributed by atoms with E-state index in [0.29, 0.717) is 42.9 Å². The summed E-state index contributed by atoms with van der Waals surface area (Å²) < 4.78 is 10.4. The van der Waals surface area contributed by atoms with Crippen molar-refractivity contribution in [2.24, 2.45) is 0 Å². The highest BCUT2D eigenvalue weighted by atomic mass is 16.5. The van der Waals surface area contributed by atoms with Gasteiger partial charge in [0.05, 0.1) is 30.9 Å². The Kier molecular flexibility index (Phi) is 7.38. The van der Waals surface area contributed by atoms with E-state index in [1.165, 1.54) is 5.56 Å². The van der Waals surface area contributed by atoms with Gasteiger partial charge in [0, 0.05) is 51.1 Å².